The first-order chi connectivity index (χ1) is 16.5. The highest BCUT2D eigenvalue weighted by Crippen LogP contribution is 2.42. The van der Waals surface area contributed by atoms with Crippen LogP contribution in [0.2, 0.25) is 10.0 Å². The van der Waals surface area contributed by atoms with Gasteiger partial charge in [-0.2, -0.15) is 0 Å². The summed E-state index contributed by atoms with van der Waals surface area (Å²) in [5, 5.41) is 4.66. The molecule has 1 saturated heterocycles. The van der Waals surface area contributed by atoms with E-state index >= 15 is 0 Å². The van der Waals surface area contributed by atoms with Crippen LogP contribution in [0.25, 0.3) is 17.4 Å². The summed E-state index contributed by atoms with van der Waals surface area (Å²) in [6.45, 7) is 2.26. The van der Waals surface area contributed by atoms with E-state index in [0.29, 0.717) is 32.4 Å². The zero-order valence-electron chi connectivity index (χ0n) is 18.8. The van der Waals surface area contributed by atoms with E-state index in [4.69, 9.17) is 27.6 Å². The molecule has 0 bridgehead atoms. The summed E-state index contributed by atoms with van der Waals surface area (Å²) in [4.78, 5) is 16.4. The van der Waals surface area contributed by atoms with E-state index in [-0.39, 0.29) is 17.4 Å². The monoisotopic (exact) mass is 512 g/mol. The lowest BCUT2D eigenvalue weighted by Crippen LogP contribution is -2.48. The van der Waals surface area contributed by atoms with Gasteiger partial charge in [0.2, 0.25) is 0 Å². The summed E-state index contributed by atoms with van der Waals surface area (Å²) in [7, 11) is 0. The molecule has 1 aliphatic heterocycles. The topological polar surface area (TPSA) is 45.5 Å². The van der Waals surface area contributed by atoms with Crippen LogP contribution in [-0.4, -0.2) is 22.3 Å². The Morgan fingerprint density at radius 1 is 1.06 bits per heavy atom. The molecule has 34 heavy (non-hydrogen) atoms. The number of anilines is 1. The van der Waals surface area contributed by atoms with Gasteiger partial charge in [0.1, 0.15) is 11.5 Å². The molecule has 2 aliphatic rings. The van der Waals surface area contributed by atoms with Crippen LogP contribution in [0.15, 0.2) is 70.0 Å². The summed E-state index contributed by atoms with van der Waals surface area (Å²) < 4.78 is 6.05. The van der Waals surface area contributed by atoms with Gasteiger partial charge in [0.05, 0.1) is 9.93 Å². The summed E-state index contributed by atoms with van der Waals surface area (Å²) >= 11 is 13.9. The lowest BCUT2D eigenvalue weighted by Gasteiger charge is -2.39. The third-order valence-electron chi connectivity index (χ3n) is 6.52. The van der Waals surface area contributed by atoms with E-state index in [1.54, 1.807) is 23.9 Å². The van der Waals surface area contributed by atoms with E-state index < -0.39 is 0 Å². The van der Waals surface area contributed by atoms with Crippen LogP contribution in [0.4, 0.5) is 5.69 Å². The molecule has 2 aromatic carbocycles. The number of hydrogen-bond donors (Lipinski definition) is 1. The SMILES string of the molecule is C[C@H]1CCCC[C@@H]1N1C(=O)/C(=C/c2ccc(-c3ccc(Cl)cc3Cl)o2)SC1Nc1ccccc1. The number of rotatable bonds is 5. The number of halogens is 2. The second-order valence-corrected chi connectivity index (χ2v) is 10.8. The molecular formula is C27H26Cl2N2O2S. The van der Waals surface area contributed by atoms with Crippen LogP contribution in [0, 0.1) is 5.92 Å². The number of nitrogens with zero attached hydrogens (tertiary/aromatic N) is 1. The van der Waals surface area contributed by atoms with Crippen molar-refractivity contribution < 1.29 is 9.21 Å². The molecule has 1 N–H and O–H groups in total. The second kappa shape index (κ2) is 10.1. The van der Waals surface area contributed by atoms with Crippen LogP contribution >= 0.6 is 35.0 Å². The zero-order valence-corrected chi connectivity index (χ0v) is 21.2. The van der Waals surface area contributed by atoms with Crippen LogP contribution in [0.1, 0.15) is 38.4 Å². The molecule has 3 aromatic rings. The van der Waals surface area contributed by atoms with Gasteiger partial charge in [-0.25, -0.2) is 0 Å². The maximum Gasteiger partial charge on any atom is 0.263 e. The van der Waals surface area contributed by atoms with Crippen molar-refractivity contribution in [3.8, 4) is 11.3 Å². The minimum atomic E-state index is -0.160. The smallest absolute Gasteiger partial charge is 0.263 e. The first kappa shape index (κ1) is 23.4. The molecule has 2 fully saturated rings. The van der Waals surface area contributed by atoms with Crippen molar-refractivity contribution in [2.24, 2.45) is 5.92 Å². The molecule has 0 radical (unpaired) electrons. The van der Waals surface area contributed by atoms with Gasteiger partial charge in [-0.3, -0.25) is 4.79 Å². The van der Waals surface area contributed by atoms with Gasteiger partial charge in [-0.15, -0.1) is 0 Å². The second-order valence-electron chi connectivity index (χ2n) is 8.86. The molecule has 4 nitrogen and oxygen atoms in total. The van der Waals surface area contributed by atoms with Crippen molar-refractivity contribution in [2.45, 2.75) is 44.1 Å². The molecule has 2 heterocycles. The highest BCUT2D eigenvalue weighted by atomic mass is 35.5. The predicted molar refractivity (Wildman–Crippen MR) is 142 cm³/mol. The van der Waals surface area contributed by atoms with Gasteiger partial charge < -0.3 is 14.6 Å². The molecule has 7 heteroatoms. The van der Waals surface area contributed by atoms with Crippen molar-refractivity contribution >= 4 is 52.6 Å². The lowest BCUT2D eigenvalue weighted by atomic mass is 9.85. The first-order valence-corrected chi connectivity index (χ1v) is 13.2. The van der Waals surface area contributed by atoms with E-state index in [1.165, 1.54) is 6.42 Å². The molecule has 176 valence electrons. The normalized spacial score (nSPS) is 24.1. The molecule has 3 atom stereocenters. The Labute approximate surface area is 214 Å². The number of furan rings is 1. The summed E-state index contributed by atoms with van der Waals surface area (Å²) in [5.41, 5.74) is 1.61. The summed E-state index contributed by atoms with van der Waals surface area (Å²) in [6.07, 6.45) is 6.42. The third-order valence-corrected chi connectivity index (χ3v) is 8.18. The number of thioether (sulfide) groups is 1. The number of para-hydroxylation sites is 1. The third kappa shape index (κ3) is 4.88. The first-order valence-electron chi connectivity index (χ1n) is 11.6. The van der Waals surface area contributed by atoms with Crippen molar-refractivity contribution in [3.05, 3.63) is 81.4 Å². The largest absolute Gasteiger partial charge is 0.457 e. The van der Waals surface area contributed by atoms with E-state index in [9.17, 15) is 4.79 Å². The zero-order chi connectivity index (χ0) is 23.7. The van der Waals surface area contributed by atoms with Crippen molar-refractivity contribution in [2.75, 3.05) is 5.32 Å². The molecule has 1 amide bonds. The van der Waals surface area contributed by atoms with Crippen LogP contribution in [0.3, 0.4) is 0 Å². The van der Waals surface area contributed by atoms with Crippen molar-refractivity contribution in [1.29, 1.82) is 0 Å². The van der Waals surface area contributed by atoms with Gasteiger partial charge in [0, 0.05) is 28.4 Å². The predicted octanol–water partition coefficient (Wildman–Crippen LogP) is 8.14. The molecule has 1 unspecified atom stereocenters. The molecule has 1 aliphatic carbocycles. The van der Waals surface area contributed by atoms with Crippen LogP contribution < -0.4 is 5.32 Å². The number of carbonyl (C=O) groups excluding carboxylic acids is 1. The van der Waals surface area contributed by atoms with Gasteiger partial charge >= 0.3 is 0 Å². The Kier molecular flexibility index (Phi) is 6.96. The minimum absolute atomic E-state index is 0.0552. The lowest BCUT2D eigenvalue weighted by molar-refractivity contribution is -0.129. The Morgan fingerprint density at radius 2 is 1.85 bits per heavy atom. The van der Waals surface area contributed by atoms with Gasteiger partial charge in [-0.05, 0) is 61.2 Å². The van der Waals surface area contributed by atoms with Gasteiger partial charge in [0.15, 0.2) is 5.50 Å². The Hall–Kier alpha value is -2.34. The van der Waals surface area contributed by atoms with Gasteiger partial charge in [-0.1, -0.05) is 72.9 Å². The number of nitrogens with one attached hydrogen (secondary N) is 1. The summed E-state index contributed by atoms with van der Waals surface area (Å²) in [5.74, 6) is 1.79. The number of benzene rings is 2. The Balaban J connectivity index is 1.43. The van der Waals surface area contributed by atoms with E-state index in [1.807, 2.05) is 59.5 Å². The molecule has 1 saturated carbocycles. The molecule has 5 rings (SSSR count). The maximum atomic E-state index is 13.6. The highest BCUT2D eigenvalue weighted by molar-refractivity contribution is 8.05. The number of hydrogen-bond acceptors (Lipinski definition) is 4. The highest BCUT2D eigenvalue weighted by Gasteiger charge is 2.43. The molecule has 1 aromatic heterocycles. The maximum absolute atomic E-state index is 13.6. The average Bonchev–Trinajstić information content (AvgIpc) is 3.40. The molecular weight excluding hydrogens is 487 g/mol. The van der Waals surface area contributed by atoms with E-state index in [0.717, 1.165) is 30.5 Å². The summed E-state index contributed by atoms with van der Waals surface area (Å²) in [6, 6.07) is 19.3. The average molecular weight is 513 g/mol. The molecule has 0 spiro atoms. The Morgan fingerprint density at radius 3 is 2.62 bits per heavy atom. The fourth-order valence-electron chi connectivity index (χ4n) is 4.76. The quantitative estimate of drug-likeness (QED) is 0.350. The van der Waals surface area contributed by atoms with Gasteiger partial charge in [0.25, 0.3) is 5.91 Å². The minimum Gasteiger partial charge on any atom is -0.457 e. The van der Waals surface area contributed by atoms with Crippen molar-refractivity contribution in [3.63, 3.8) is 0 Å². The Bertz CT molecular complexity index is 1210. The standard InChI is InChI=1S/C27H26Cl2N2O2S/c1-17-7-5-6-10-23(17)31-26(32)25(34-27(31)30-19-8-3-2-4-9-19)16-20-12-14-24(33-20)21-13-11-18(28)15-22(21)29/h2-4,8-9,11-17,23,27,30H,5-7,10H2,1H3/b25-16-/t17-,23-,27?/m0/s1. The fraction of sp³-hybridized carbons (Fsp3) is 0.296. The fourth-order valence-corrected chi connectivity index (χ4v) is 6.45. The van der Waals surface area contributed by atoms with E-state index in [2.05, 4.69) is 12.2 Å². The van der Waals surface area contributed by atoms with Crippen molar-refractivity contribution in [1.82, 2.24) is 4.90 Å². The number of carbonyl (C=O) groups is 1. The van der Waals surface area contributed by atoms with Crippen LogP contribution in [-0.2, 0) is 4.79 Å². The number of amides is 1. The van der Waals surface area contributed by atoms with Crippen LogP contribution in [0.5, 0.6) is 0 Å².